The Labute approximate surface area is 129 Å². The Balaban J connectivity index is 0.00000162. The van der Waals surface area contributed by atoms with Crippen LogP contribution in [0.1, 0.15) is 39.5 Å². The number of barbiturate groups is 1. The summed E-state index contributed by atoms with van der Waals surface area (Å²) in [5.74, 6) is -0.935. The van der Waals surface area contributed by atoms with Crippen LogP contribution in [0.25, 0.3) is 5.32 Å². The average molecular weight is 260 g/mol. The van der Waals surface area contributed by atoms with E-state index in [-0.39, 0.29) is 41.4 Å². The molecule has 0 aromatic rings. The number of hydrogen-bond acceptors (Lipinski definition) is 3. The second-order valence-electron chi connectivity index (χ2n) is 4.83. The van der Waals surface area contributed by atoms with Gasteiger partial charge in [-0.15, -0.1) is 0 Å². The van der Waals surface area contributed by atoms with Gasteiger partial charge in [0.2, 0.25) is 0 Å². The van der Waals surface area contributed by atoms with Crippen molar-refractivity contribution in [1.29, 1.82) is 0 Å². The molecular weight excluding hydrogens is 243 g/mol. The second-order valence-corrected chi connectivity index (χ2v) is 4.83. The molecule has 0 radical (unpaired) electrons. The molecule has 0 aromatic carbocycles. The molecule has 1 aliphatic heterocycles. The first-order valence-corrected chi connectivity index (χ1v) is 6.18. The summed E-state index contributed by atoms with van der Waals surface area (Å²) in [6, 6.07) is -0.817. The predicted molar refractivity (Wildman–Crippen MR) is 61.1 cm³/mol. The molecule has 1 aliphatic carbocycles. The first-order chi connectivity index (χ1) is 8.07. The standard InChI is InChI=1S/C12H18N2O3.Na/c1-3-7-5-6-8(4-2)12(7)9(15)13-11(17)14-10(12)16;/h7-8H,3-6H2,1-2H3,(H2,13,14,15,16,17);/q;+1/p-1. The van der Waals surface area contributed by atoms with Crippen molar-refractivity contribution in [3.05, 3.63) is 5.32 Å². The zero-order valence-electron chi connectivity index (χ0n) is 11.2. The van der Waals surface area contributed by atoms with Gasteiger partial charge in [-0.1, -0.05) is 26.7 Å². The summed E-state index contributed by atoms with van der Waals surface area (Å²) in [5.41, 5.74) is -1.07. The number of imide groups is 2. The summed E-state index contributed by atoms with van der Waals surface area (Å²) >= 11 is 0. The van der Waals surface area contributed by atoms with Crippen molar-refractivity contribution < 1.29 is 43.9 Å². The Kier molecular flexibility index (Phi) is 4.98. The summed E-state index contributed by atoms with van der Waals surface area (Å²) < 4.78 is 0. The van der Waals surface area contributed by atoms with Crippen LogP contribution in [0.5, 0.6) is 0 Å². The van der Waals surface area contributed by atoms with Gasteiger partial charge in [0, 0.05) is 0 Å². The van der Waals surface area contributed by atoms with Gasteiger partial charge in [0.15, 0.2) is 17.8 Å². The van der Waals surface area contributed by atoms with Crippen LogP contribution >= 0.6 is 0 Å². The van der Waals surface area contributed by atoms with Crippen molar-refractivity contribution in [2.75, 3.05) is 0 Å². The molecule has 2 fully saturated rings. The van der Waals surface area contributed by atoms with Crippen molar-refractivity contribution >= 4 is 17.8 Å². The number of carbonyl (C=O) groups excluding carboxylic acids is 3. The number of hydrogen-bond donors (Lipinski definition) is 1. The van der Waals surface area contributed by atoms with Crippen molar-refractivity contribution in [3.63, 3.8) is 0 Å². The van der Waals surface area contributed by atoms with Crippen LogP contribution in [0, 0.1) is 17.3 Å². The van der Waals surface area contributed by atoms with E-state index < -0.39 is 23.3 Å². The van der Waals surface area contributed by atoms with Crippen LogP contribution < -0.4 is 34.9 Å². The molecule has 2 rings (SSSR count). The molecule has 0 aromatic heterocycles. The first-order valence-electron chi connectivity index (χ1n) is 6.18. The maximum atomic E-state index is 12.2. The van der Waals surface area contributed by atoms with Gasteiger partial charge >= 0.3 is 29.6 Å². The fourth-order valence-corrected chi connectivity index (χ4v) is 3.47. The minimum absolute atomic E-state index is 0. The SMILES string of the molecule is CCC1CCC(CC)C12C(=O)[N-]C(=O)NC2=O.[Na+]. The number of nitrogens with zero attached hydrogens (tertiary/aromatic N) is 1. The molecule has 1 heterocycles. The molecule has 18 heavy (non-hydrogen) atoms. The van der Waals surface area contributed by atoms with E-state index in [1.54, 1.807) is 0 Å². The Morgan fingerprint density at radius 3 is 2.06 bits per heavy atom. The zero-order valence-corrected chi connectivity index (χ0v) is 13.2. The summed E-state index contributed by atoms with van der Waals surface area (Å²) in [6.45, 7) is 3.95. The molecule has 2 aliphatic rings. The molecular formula is C12H17N2NaO3. The average Bonchev–Trinajstić information content (AvgIpc) is 2.65. The molecule has 4 amide bonds. The van der Waals surface area contributed by atoms with E-state index in [0.717, 1.165) is 25.7 Å². The molecule has 94 valence electrons. The van der Waals surface area contributed by atoms with Crippen molar-refractivity contribution in [3.8, 4) is 0 Å². The Morgan fingerprint density at radius 2 is 1.67 bits per heavy atom. The number of urea groups is 1. The summed E-state index contributed by atoms with van der Waals surface area (Å²) in [7, 11) is 0. The number of rotatable bonds is 2. The van der Waals surface area contributed by atoms with Gasteiger partial charge in [0.1, 0.15) is 0 Å². The van der Waals surface area contributed by atoms with Crippen LogP contribution in [-0.2, 0) is 9.59 Å². The van der Waals surface area contributed by atoms with Gasteiger partial charge < -0.3 is 10.6 Å². The molecule has 1 saturated heterocycles. The van der Waals surface area contributed by atoms with E-state index in [9.17, 15) is 14.4 Å². The molecule has 2 atom stereocenters. The number of amides is 4. The van der Waals surface area contributed by atoms with Gasteiger partial charge in [0.05, 0.1) is 5.41 Å². The van der Waals surface area contributed by atoms with E-state index in [0.29, 0.717) is 0 Å². The number of carbonyl (C=O) groups is 3. The molecule has 6 heteroatoms. The Bertz CT molecular complexity index is 350. The quantitative estimate of drug-likeness (QED) is 0.509. The second kappa shape index (κ2) is 5.72. The normalized spacial score (nSPS) is 35.1. The minimum Gasteiger partial charge on any atom is -0.394 e. The fourth-order valence-electron chi connectivity index (χ4n) is 3.47. The van der Waals surface area contributed by atoms with Crippen molar-refractivity contribution in [2.45, 2.75) is 39.5 Å². The molecule has 1 N–H and O–H groups in total. The molecule has 1 saturated carbocycles. The van der Waals surface area contributed by atoms with E-state index in [4.69, 9.17) is 0 Å². The zero-order chi connectivity index (χ0) is 12.6. The fraction of sp³-hybridized carbons (Fsp3) is 0.750. The predicted octanol–water partition coefficient (Wildman–Crippen LogP) is -1.03. The van der Waals surface area contributed by atoms with Crippen LogP contribution in [0.3, 0.4) is 0 Å². The summed E-state index contributed by atoms with van der Waals surface area (Å²) in [5, 5.41) is 5.66. The van der Waals surface area contributed by atoms with Crippen LogP contribution in [0.4, 0.5) is 4.79 Å². The van der Waals surface area contributed by atoms with Gasteiger partial charge in [-0.25, -0.2) is 0 Å². The summed E-state index contributed by atoms with van der Waals surface area (Å²) in [4.78, 5) is 35.4. The van der Waals surface area contributed by atoms with E-state index >= 15 is 0 Å². The third kappa shape index (κ3) is 2.02. The molecule has 1 spiro atoms. The van der Waals surface area contributed by atoms with Crippen LogP contribution in [-0.4, -0.2) is 17.8 Å². The van der Waals surface area contributed by atoms with Gasteiger partial charge in [-0.2, -0.15) is 0 Å². The maximum absolute atomic E-state index is 12.2. The van der Waals surface area contributed by atoms with E-state index in [2.05, 4.69) is 10.6 Å². The topological polar surface area (TPSA) is 77.3 Å². The third-order valence-electron chi connectivity index (χ3n) is 4.29. The van der Waals surface area contributed by atoms with Crippen molar-refractivity contribution in [1.82, 2.24) is 5.32 Å². The minimum atomic E-state index is -1.07. The summed E-state index contributed by atoms with van der Waals surface area (Å²) in [6.07, 6.45) is 3.24. The Morgan fingerprint density at radius 1 is 1.17 bits per heavy atom. The van der Waals surface area contributed by atoms with E-state index in [1.165, 1.54) is 0 Å². The molecule has 5 nitrogen and oxygen atoms in total. The van der Waals surface area contributed by atoms with Gasteiger partial charge in [-0.3, -0.25) is 14.4 Å². The third-order valence-corrected chi connectivity index (χ3v) is 4.29. The maximum Gasteiger partial charge on any atom is 1.00 e. The van der Waals surface area contributed by atoms with Gasteiger partial charge in [0.25, 0.3) is 0 Å². The number of nitrogens with one attached hydrogen (secondary N) is 1. The Hall–Kier alpha value is -0.390. The molecule has 0 bridgehead atoms. The smallest absolute Gasteiger partial charge is 0.394 e. The molecule has 2 unspecified atom stereocenters. The largest absolute Gasteiger partial charge is 1.00 e. The van der Waals surface area contributed by atoms with Gasteiger partial charge in [-0.05, 0) is 24.7 Å². The first kappa shape index (κ1) is 15.7. The van der Waals surface area contributed by atoms with Crippen molar-refractivity contribution in [2.24, 2.45) is 17.3 Å². The van der Waals surface area contributed by atoms with E-state index in [1.807, 2.05) is 13.8 Å². The van der Waals surface area contributed by atoms with Crippen LogP contribution in [0.15, 0.2) is 0 Å². The monoisotopic (exact) mass is 260 g/mol. The van der Waals surface area contributed by atoms with Crippen LogP contribution in [0.2, 0.25) is 0 Å².